The number of ether oxygens (including phenoxy) is 1. The summed E-state index contributed by atoms with van der Waals surface area (Å²) in [6.45, 7) is 3.23. The zero-order valence-corrected chi connectivity index (χ0v) is 20.5. The van der Waals surface area contributed by atoms with Crippen molar-refractivity contribution < 1.29 is 27.5 Å². The number of rotatable bonds is 5. The van der Waals surface area contributed by atoms with Gasteiger partial charge in [0.2, 0.25) is 5.91 Å². The van der Waals surface area contributed by atoms with E-state index in [-0.39, 0.29) is 25.6 Å². The van der Waals surface area contributed by atoms with Crippen molar-refractivity contribution in [3.8, 4) is 5.75 Å². The van der Waals surface area contributed by atoms with Gasteiger partial charge in [-0.05, 0) is 36.4 Å². The maximum atomic E-state index is 13.9. The van der Waals surface area contributed by atoms with Gasteiger partial charge in [0.25, 0.3) is 5.91 Å². The number of carbonyl (C=O) groups is 2. The lowest BCUT2D eigenvalue weighted by Gasteiger charge is -2.40. The highest BCUT2D eigenvalue weighted by Crippen LogP contribution is 2.41. The molecule has 2 fully saturated rings. The van der Waals surface area contributed by atoms with Crippen molar-refractivity contribution in [1.82, 2.24) is 25.6 Å². The van der Waals surface area contributed by atoms with Crippen LogP contribution in [0.1, 0.15) is 27.5 Å². The molecule has 2 N–H and O–H groups in total. The molecule has 37 heavy (non-hydrogen) atoms. The third kappa shape index (κ3) is 5.29. The van der Waals surface area contributed by atoms with Crippen LogP contribution in [0.4, 0.5) is 13.2 Å². The molecule has 0 aliphatic carbocycles. The maximum Gasteiger partial charge on any atom is 0.402 e. The van der Waals surface area contributed by atoms with Crippen molar-refractivity contribution in [1.29, 1.82) is 0 Å². The number of hydrogen-bond acceptors (Lipinski definition) is 6. The fourth-order valence-electron chi connectivity index (χ4n) is 5.40. The summed E-state index contributed by atoms with van der Waals surface area (Å²) >= 11 is 0. The minimum atomic E-state index is -4.69. The van der Waals surface area contributed by atoms with E-state index in [1.54, 1.807) is 29.2 Å². The summed E-state index contributed by atoms with van der Waals surface area (Å²) < 4.78 is 47.8. The highest BCUT2D eigenvalue weighted by molar-refractivity contribution is 5.94. The van der Waals surface area contributed by atoms with Crippen LogP contribution in [0, 0.1) is 5.92 Å². The molecule has 2 saturated heterocycles. The Hall–Kier alpha value is -3.15. The quantitative estimate of drug-likeness (QED) is 0.634. The van der Waals surface area contributed by atoms with Crippen LogP contribution in [0.2, 0.25) is 0 Å². The standard InChI is InChI=1S/C26H30F3N5O3/c1-32-9-11-33(12-10-32)25(36)17-6-4-7-19(13-17)37-16-22-20-8-3-2-5-18(20)15-34(22)21-14-30-31-24(35)23(21)26(27,28)29/h2-8,13,21-23,30H,9-12,14-16H2,1H3,(H,31,35). The van der Waals surface area contributed by atoms with Crippen molar-refractivity contribution >= 4 is 11.8 Å². The first-order valence-electron chi connectivity index (χ1n) is 12.4. The van der Waals surface area contributed by atoms with Gasteiger partial charge in [0.1, 0.15) is 12.4 Å². The van der Waals surface area contributed by atoms with E-state index in [0.29, 0.717) is 24.4 Å². The molecule has 5 rings (SSSR count). The number of benzene rings is 2. The average molecular weight is 518 g/mol. The Morgan fingerprint density at radius 1 is 1.08 bits per heavy atom. The number of hydrogen-bond donors (Lipinski definition) is 2. The van der Waals surface area contributed by atoms with Gasteiger partial charge in [0.15, 0.2) is 5.92 Å². The fraction of sp³-hybridized carbons (Fsp3) is 0.462. The van der Waals surface area contributed by atoms with Crippen molar-refractivity contribution in [3.05, 3.63) is 65.2 Å². The molecule has 0 radical (unpaired) electrons. The van der Waals surface area contributed by atoms with Crippen LogP contribution in [0.5, 0.6) is 5.75 Å². The van der Waals surface area contributed by atoms with Gasteiger partial charge in [-0.3, -0.25) is 19.9 Å². The summed E-state index contributed by atoms with van der Waals surface area (Å²) in [6, 6.07) is 12.8. The number of piperazine rings is 1. The summed E-state index contributed by atoms with van der Waals surface area (Å²) in [5, 5.41) is 0. The van der Waals surface area contributed by atoms with E-state index >= 15 is 0 Å². The van der Waals surface area contributed by atoms with Crippen LogP contribution >= 0.6 is 0 Å². The molecule has 3 aliphatic heterocycles. The maximum absolute atomic E-state index is 13.9. The van der Waals surface area contributed by atoms with Gasteiger partial charge in [0, 0.05) is 50.9 Å². The number of halogens is 3. The van der Waals surface area contributed by atoms with Crippen LogP contribution in [0.15, 0.2) is 48.5 Å². The summed E-state index contributed by atoms with van der Waals surface area (Å²) in [6.07, 6.45) is -4.69. The molecule has 3 unspecified atom stereocenters. The van der Waals surface area contributed by atoms with Crippen molar-refractivity contribution in [2.45, 2.75) is 24.8 Å². The third-order valence-corrected chi connectivity index (χ3v) is 7.42. The highest BCUT2D eigenvalue weighted by atomic mass is 19.4. The second kappa shape index (κ2) is 10.3. The van der Waals surface area contributed by atoms with E-state index < -0.39 is 30.1 Å². The molecule has 198 valence electrons. The Labute approximate surface area is 213 Å². The predicted molar refractivity (Wildman–Crippen MR) is 130 cm³/mol. The number of amides is 2. The number of fused-ring (bicyclic) bond motifs is 1. The van der Waals surface area contributed by atoms with Gasteiger partial charge in [0.05, 0.1) is 6.04 Å². The molecule has 11 heteroatoms. The van der Waals surface area contributed by atoms with Crippen molar-refractivity contribution in [2.24, 2.45) is 5.92 Å². The number of alkyl halides is 3. The zero-order chi connectivity index (χ0) is 26.2. The molecule has 0 aromatic heterocycles. The van der Waals surface area contributed by atoms with Crippen LogP contribution < -0.4 is 15.6 Å². The Balaban J connectivity index is 1.35. The van der Waals surface area contributed by atoms with Gasteiger partial charge >= 0.3 is 6.18 Å². The van der Waals surface area contributed by atoms with Crippen LogP contribution in [-0.2, 0) is 11.3 Å². The Bertz CT molecular complexity index is 1150. The average Bonchev–Trinajstić information content (AvgIpc) is 3.25. The van der Waals surface area contributed by atoms with Gasteiger partial charge < -0.3 is 14.5 Å². The normalized spacial score (nSPS) is 25.0. The summed E-state index contributed by atoms with van der Waals surface area (Å²) in [7, 11) is 2.02. The van der Waals surface area contributed by atoms with E-state index in [2.05, 4.69) is 15.8 Å². The second-order valence-corrected chi connectivity index (χ2v) is 9.78. The summed E-state index contributed by atoms with van der Waals surface area (Å²) in [4.78, 5) is 30.9. The first kappa shape index (κ1) is 25.5. The Kier molecular flexibility index (Phi) is 7.11. The van der Waals surface area contributed by atoms with Crippen LogP contribution in [-0.4, -0.2) is 85.1 Å². The second-order valence-electron chi connectivity index (χ2n) is 9.78. The van der Waals surface area contributed by atoms with E-state index in [4.69, 9.17) is 4.74 Å². The fourth-order valence-corrected chi connectivity index (χ4v) is 5.40. The number of carbonyl (C=O) groups excluding carboxylic acids is 2. The lowest BCUT2D eigenvalue weighted by molar-refractivity contribution is -0.202. The molecule has 2 aromatic rings. The predicted octanol–water partition coefficient (Wildman–Crippen LogP) is 2.19. The monoisotopic (exact) mass is 517 g/mol. The van der Waals surface area contributed by atoms with Crippen molar-refractivity contribution in [3.63, 3.8) is 0 Å². The van der Waals surface area contributed by atoms with Gasteiger partial charge in [-0.1, -0.05) is 30.3 Å². The Morgan fingerprint density at radius 3 is 2.59 bits per heavy atom. The molecule has 0 saturated carbocycles. The molecule has 3 heterocycles. The SMILES string of the molecule is CN1CCN(C(=O)c2cccc(OCC3c4ccccc4CN3C3CNNC(=O)C3C(F)(F)F)c2)CC1. The van der Waals surface area contributed by atoms with Crippen molar-refractivity contribution in [2.75, 3.05) is 46.4 Å². The lowest BCUT2D eigenvalue weighted by atomic mass is 9.94. The number of hydrazine groups is 1. The topological polar surface area (TPSA) is 77.2 Å². The van der Waals surface area contributed by atoms with Gasteiger partial charge in [-0.2, -0.15) is 13.2 Å². The van der Waals surface area contributed by atoms with E-state index in [1.165, 1.54) is 0 Å². The molecule has 0 spiro atoms. The minimum Gasteiger partial charge on any atom is -0.492 e. The van der Waals surface area contributed by atoms with E-state index in [9.17, 15) is 22.8 Å². The third-order valence-electron chi connectivity index (χ3n) is 7.42. The molecule has 8 nitrogen and oxygen atoms in total. The van der Waals surface area contributed by atoms with E-state index in [0.717, 1.165) is 24.2 Å². The molecule has 2 aromatic carbocycles. The zero-order valence-electron chi connectivity index (χ0n) is 20.5. The first-order chi connectivity index (χ1) is 17.7. The molecular formula is C26H30F3N5O3. The Morgan fingerprint density at radius 2 is 1.84 bits per heavy atom. The minimum absolute atomic E-state index is 0.0462. The van der Waals surface area contributed by atoms with E-state index in [1.807, 2.05) is 36.2 Å². The highest BCUT2D eigenvalue weighted by Gasteiger charge is 2.55. The van der Waals surface area contributed by atoms with Crippen LogP contribution in [0.25, 0.3) is 0 Å². The van der Waals surface area contributed by atoms with Crippen LogP contribution in [0.3, 0.4) is 0 Å². The molecule has 3 atom stereocenters. The molecule has 2 amide bonds. The molecule has 0 bridgehead atoms. The summed E-state index contributed by atoms with van der Waals surface area (Å²) in [5.41, 5.74) is 7.03. The first-order valence-corrected chi connectivity index (χ1v) is 12.4. The number of nitrogens with one attached hydrogen (secondary N) is 2. The van der Waals surface area contributed by atoms with Gasteiger partial charge in [-0.15, -0.1) is 0 Å². The largest absolute Gasteiger partial charge is 0.492 e. The lowest BCUT2D eigenvalue weighted by Crippen LogP contribution is -2.64. The summed E-state index contributed by atoms with van der Waals surface area (Å²) in [5.74, 6) is -2.85. The molecular weight excluding hydrogens is 487 g/mol. The van der Waals surface area contributed by atoms with Gasteiger partial charge in [-0.25, -0.2) is 5.43 Å². The number of nitrogens with zero attached hydrogens (tertiary/aromatic N) is 3. The number of likely N-dealkylation sites (N-methyl/N-ethyl adjacent to an activating group) is 1. The molecule has 3 aliphatic rings. The smallest absolute Gasteiger partial charge is 0.402 e.